The van der Waals surface area contributed by atoms with Crippen LogP contribution in [-0.4, -0.2) is 50.0 Å². The highest BCUT2D eigenvalue weighted by Gasteiger charge is 2.43. The first kappa shape index (κ1) is 22.1. The summed E-state index contributed by atoms with van der Waals surface area (Å²) in [6.07, 6.45) is 0. The zero-order chi connectivity index (χ0) is 20.4. The highest BCUT2D eigenvalue weighted by Crippen LogP contribution is 2.40. The molecule has 0 radical (unpaired) electrons. The van der Waals surface area contributed by atoms with Crippen molar-refractivity contribution in [1.29, 1.82) is 0 Å². The van der Waals surface area contributed by atoms with Gasteiger partial charge >= 0.3 is 5.97 Å². The van der Waals surface area contributed by atoms with Gasteiger partial charge in [-0.3, -0.25) is 9.69 Å². The Labute approximate surface area is 166 Å². The maximum atomic E-state index is 11.9. The fourth-order valence-corrected chi connectivity index (χ4v) is 4.84. The van der Waals surface area contributed by atoms with Crippen LogP contribution < -0.4 is 0 Å². The summed E-state index contributed by atoms with van der Waals surface area (Å²) in [4.78, 5) is 14.0. The summed E-state index contributed by atoms with van der Waals surface area (Å²) in [5.74, 6) is 0.000419. The number of carbonyl (C=O) groups is 1. The lowest BCUT2D eigenvalue weighted by Gasteiger charge is -2.37. The Balaban J connectivity index is 2.22. The molecule has 0 aliphatic carbocycles. The zero-order valence-corrected chi connectivity index (χ0v) is 19.0. The highest BCUT2D eigenvalue weighted by atomic mass is 28.4. The molecule has 2 rings (SSSR count). The Morgan fingerprint density at radius 1 is 1.22 bits per heavy atom. The van der Waals surface area contributed by atoms with Crippen LogP contribution in [0.25, 0.3) is 0 Å². The summed E-state index contributed by atoms with van der Waals surface area (Å²) in [6.45, 7) is 17.6. The summed E-state index contributed by atoms with van der Waals surface area (Å²) >= 11 is 0. The van der Waals surface area contributed by atoms with Crippen LogP contribution in [0.3, 0.4) is 0 Å². The predicted octanol–water partition coefficient (Wildman–Crippen LogP) is 4.83. The first-order valence-electron chi connectivity index (χ1n) is 10.1. The topological polar surface area (TPSA) is 49.8 Å². The molecule has 27 heavy (non-hydrogen) atoms. The van der Waals surface area contributed by atoms with E-state index in [2.05, 4.69) is 63.0 Å². The van der Waals surface area contributed by atoms with E-state index in [-0.39, 0.29) is 11.0 Å². The molecule has 0 spiro atoms. The zero-order valence-electron chi connectivity index (χ0n) is 18.0. The van der Waals surface area contributed by atoms with Crippen LogP contribution in [0.2, 0.25) is 18.1 Å². The third-order valence-electron chi connectivity index (χ3n) is 6.44. The van der Waals surface area contributed by atoms with Crippen molar-refractivity contribution in [3.05, 3.63) is 35.9 Å². The number of hydrogen-bond donors (Lipinski definition) is 1. The van der Waals surface area contributed by atoms with Gasteiger partial charge in [0, 0.05) is 31.5 Å². The molecule has 1 N–H and O–H groups in total. The molecule has 1 aliphatic heterocycles. The van der Waals surface area contributed by atoms with E-state index in [0.29, 0.717) is 18.4 Å². The Kier molecular flexibility index (Phi) is 6.93. The molecule has 1 saturated heterocycles. The van der Waals surface area contributed by atoms with E-state index in [1.807, 2.05) is 19.9 Å². The summed E-state index contributed by atoms with van der Waals surface area (Å²) in [6, 6.07) is 10.1. The number of carboxylic acids is 1. The minimum atomic E-state index is -1.83. The molecule has 1 aromatic carbocycles. The first-order chi connectivity index (χ1) is 12.4. The van der Waals surface area contributed by atoms with Crippen molar-refractivity contribution in [3.63, 3.8) is 0 Å². The van der Waals surface area contributed by atoms with Crippen LogP contribution in [-0.2, 0) is 9.22 Å². The molecule has 0 aromatic heterocycles. The van der Waals surface area contributed by atoms with Gasteiger partial charge in [-0.2, -0.15) is 0 Å². The number of aliphatic carboxylic acids is 1. The normalized spacial score (nSPS) is 23.0. The average Bonchev–Trinajstić information content (AvgIpc) is 2.95. The standard InChI is InChI=1S/C22H37NO3Si/c1-16(2)20(21(24)25)23-13-18(15-26-27(6,7)22(3,4)5)19(14-23)17-11-9-8-10-12-17/h8-12,16,18-20H,13-15H2,1-7H3,(H,24,25)/t18-,19-,20-/m1/s1. The van der Waals surface area contributed by atoms with Crippen molar-refractivity contribution in [2.24, 2.45) is 11.8 Å². The minimum Gasteiger partial charge on any atom is -0.480 e. The molecule has 152 valence electrons. The van der Waals surface area contributed by atoms with Crippen LogP contribution in [0.4, 0.5) is 0 Å². The average molecular weight is 392 g/mol. The van der Waals surface area contributed by atoms with Gasteiger partial charge in [-0.1, -0.05) is 65.0 Å². The largest absolute Gasteiger partial charge is 0.480 e. The maximum Gasteiger partial charge on any atom is 0.321 e. The van der Waals surface area contributed by atoms with E-state index in [4.69, 9.17) is 4.43 Å². The van der Waals surface area contributed by atoms with E-state index in [0.717, 1.165) is 13.1 Å². The number of benzene rings is 1. The Hall–Kier alpha value is -1.17. The second-order valence-electron chi connectivity index (χ2n) is 9.83. The third-order valence-corrected chi connectivity index (χ3v) is 10.9. The maximum absolute atomic E-state index is 11.9. The van der Waals surface area contributed by atoms with Crippen LogP contribution in [0.15, 0.2) is 30.3 Å². The number of carboxylic acid groups (broad SMARTS) is 1. The van der Waals surface area contributed by atoms with E-state index in [9.17, 15) is 9.90 Å². The molecule has 0 bridgehead atoms. The fourth-order valence-electron chi connectivity index (χ4n) is 3.77. The summed E-state index contributed by atoms with van der Waals surface area (Å²) in [5, 5.41) is 9.92. The van der Waals surface area contributed by atoms with Crippen LogP contribution >= 0.6 is 0 Å². The van der Waals surface area contributed by atoms with Gasteiger partial charge in [-0.05, 0) is 29.6 Å². The number of hydrogen-bond acceptors (Lipinski definition) is 3. The van der Waals surface area contributed by atoms with Crippen molar-refractivity contribution in [3.8, 4) is 0 Å². The summed E-state index contributed by atoms with van der Waals surface area (Å²) in [7, 11) is -1.83. The van der Waals surface area contributed by atoms with Gasteiger partial charge in [0.1, 0.15) is 6.04 Å². The monoisotopic (exact) mass is 391 g/mol. The number of rotatable bonds is 7. The molecule has 1 fully saturated rings. The molecule has 1 aromatic rings. The molecular weight excluding hydrogens is 354 g/mol. The smallest absolute Gasteiger partial charge is 0.321 e. The van der Waals surface area contributed by atoms with E-state index >= 15 is 0 Å². The van der Waals surface area contributed by atoms with Crippen molar-refractivity contribution in [1.82, 2.24) is 4.90 Å². The Morgan fingerprint density at radius 3 is 2.30 bits per heavy atom. The van der Waals surface area contributed by atoms with Gasteiger partial charge in [0.05, 0.1) is 0 Å². The quantitative estimate of drug-likeness (QED) is 0.676. The van der Waals surface area contributed by atoms with Crippen molar-refractivity contribution in [2.45, 2.75) is 64.7 Å². The van der Waals surface area contributed by atoms with Crippen molar-refractivity contribution >= 4 is 14.3 Å². The van der Waals surface area contributed by atoms with Gasteiger partial charge in [0.25, 0.3) is 0 Å². The molecular formula is C22H37NO3Si. The van der Waals surface area contributed by atoms with Gasteiger partial charge in [0.2, 0.25) is 0 Å². The third kappa shape index (κ3) is 5.21. The molecule has 0 amide bonds. The fraction of sp³-hybridized carbons (Fsp3) is 0.682. The van der Waals surface area contributed by atoms with Crippen molar-refractivity contribution in [2.75, 3.05) is 19.7 Å². The lowest BCUT2D eigenvalue weighted by molar-refractivity contribution is -0.144. The molecule has 4 nitrogen and oxygen atoms in total. The molecule has 0 unspecified atom stereocenters. The lowest BCUT2D eigenvalue weighted by atomic mass is 9.90. The van der Waals surface area contributed by atoms with Gasteiger partial charge in [0.15, 0.2) is 8.32 Å². The second-order valence-corrected chi connectivity index (χ2v) is 14.6. The second kappa shape index (κ2) is 8.46. The van der Waals surface area contributed by atoms with E-state index in [1.54, 1.807) is 0 Å². The van der Waals surface area contributed by atoms with E-state index in [1.165, 1.54) is 5.56 Å². The molecule has 1 heterocycles. The van der Waals surface area contributed by atoms with Crippen LogP contribution in [0.1, 0.15) is 46.1 Å². The van der Waals surface area contributed by atoms with Crippen LogP contribution in [0, 0.1) is 11.8 Å². The minimum absolute atomic E-state index is 0.0824. The van der Waals surface area contributed by atoms with Gasteiger partial charge < -0.3 is 9.53 Å². The number of likely N-dealkylation sites (tertiary alicyclic amines) is 1. The van der Waals surface area contributed by atoms with Gasteiger partial charge in [-0.25, -0.2) is 0 Å². The van der Waals surface area contributed by atoms with Crippen molar-refractivity contribution < 1.29 is 14.3 Å². The SMILES string of the molecule is CC(C)[C@H](C(=O)O)N1C[C@H](CO[Si](C)(C)C(C)(C)C)[C@@H](c2ccccc2)C1. The predicted molar refractivity (Wildman–Crippen MR) is 114 cm³/mol. The summed E-state index contributed by atoms with van der Waals surface area (Å²) in [5.41, 5.74) is 1.29. The summed E-state index contributed by atoms with van der Waals surface area (Å²) < 4.78 is 6.54. The van der Waals surface area contributed by atoms with Crippen LogP contribution in [0.5, 0.6) is 0 Å². The van der Waals surface area contributed by atoms with E-state index < -0.39 is 20.3 Å². The molecule has 0 saturated carbocycles. The van der Waals surface area contributed by atoms with Gasteiger partial charge in [-0.15, -0.1) is 0 Å². The first-order valence-corrected chi connectivity index (χ1v) is 13.0. The Morgan fingerprint density at radius 2 is 1.81 bits per heavy atom. The Bertz CT molecular complexity index is 624. The highest BCUT2D eigenvalue weighted by molar-refractivity contribution is 6.74. The molecule has 1 aliphatic rings. The number of nitrogens with zero attached hydrogens (tertiary/aromatic N) is 1. The molecule has 3 atom stereocenters. The lowest BCUT2D eigenvalue weighted by Crippen LogP contribution is -2.44. The molecule has 5 heteroatoms.